The minimum Gasteiger partial charge on any atom is -0.444 e. The van der Waals surface area contributed by atoms with Crippen LogP contribution in [-0.4, -0.2) is 71.3 Å². The number of hydrogen-bond acceptors (Lipinski definition) is 6. The number of nitrogens with zero attached hydrogens (tertiary/aromatic N) is 4. The zero-order valence-corrected chi connectivity index (χ0v) is 24.0. The van der Waals surface area contributed by atoms with Crippen molar-refractivity contribution in [1.29, 1.82) is 0 Å². The smallest absolute Gasteiger partial charge is 0.421 e. The largest absolute Gasteiger partial charge is 0.444 e. The Morgan fingerprint density at radius 3 is 2.54 bits per heavy atom. The molecule has 1 aromatic heterocycles. The Labute approximate surface area is 233 Å². The number of likely N-dealkylation sites (N-methyl/N-ethyl adjacent to an activating group) is 1. The lowest BCUT2D eigenvalue weighted by Gasteiger charge is -2.35. The Balaban J connectivity index is 1.20. The second kappa shape index (κ2) is 13.3. The predicted molar refractivity (Wildman–Crippen MR) is 153 cm³/mol. The molecule has 0 aliphatic carbocycles. The molecule has 1 unspecified atom stereocenters. The first-order valence-corrected chi connectivity index (χ1v) is 14.4. The molecule has 212 valence electrons. The summed E-state index contributed by atoms with van der Waals surface area (Å²) in [6, 6.07) is 13.7. The summed E-state index contributed by atoms with van der Waals surface area (Å²) in [5.41, 5.74) is 0.636. The third-order valence-electron chi connectivity index (χ3n) is 7.59. The van der Waals surface area contributed by atoms with Crippen molar-refractivity contribution in [2.75, 3.05) is 31.6 Å². The highest BCUT2D eigenvalue weighted by molar-refractivity contribution is 5.90. The number of rotatable bonds is 9. The second-order valence-electron chi connectivity index (χ2n) is 11.8. The molecular formula is C31H44N4O4. The highest BCUT2D eigenvalue weighted by Crippen LogP contribution is 2.32. The number of pyridine rings is 1. The Bertz CT molecular complexity index is 1090. The van der Waals surface area contributed by atoms with Crippen molar-refractivity contribution in [2.24, 2.45) is 0 Å². The van der Waals surface area contributed by atoms with Crippen molar-refractivity contribution in [2.45, 2.75) is 89.8 Å². The number of carbonyl (C=O) groups is 2. The highest BCUT2D eigenvalue weighted by atomic mass is 16.6. The van der Waals surface area contributed by atoms with Crippen molar-refractivity contribution in [1.82, 2.24) is 14.8 Å². The normalized spacial score (nSPS) is 19.2. The van der Waals surface area contributed by atoms with E-state index in [4.69, 9.17) is 9.47 Å². The number of aryl methyl sites for hydroxylation is 1. The van der Waals surface area contributed by atoms with Crippen LogP contribution in [0.5, 0.6) is 5.75 Å². The number of amides is 2. The van der Waals surface area contributed by atoms with E-state index < -0.39 is 5.60 Å². The van der Waals surface area contributed by atoms with E-state index >= 15 is 0 Å². The Kier molecular flexibility index (Phi) is 9.83. The fraction of sp³-hybridized carbons (Fsp3) is 0.581. The van der Waals surface area contributed by atoms with Crippen LogP contribution < -0.4 is 9.64 Å². The molecule has 8 heteroatoms. The highest BCUT2D eigenvalue weighted by Gasteiger charge is 2.34. The van der Waals surface area contributed by atoms with Gasteiger partial charge in [-0.15, -0.1) is 0 Å². The van der Waals surface area contributed by atoms with Crippen LogP contribution >= 0.6 is 0 Å². The summed E-state index contributed by atoms with van der Waals surface area (Å²) in [4.78, 5) is 36.1. The Morgan fingerprint density at radius 2 is 1.77 bits per heavy atom. The maximum Gasteiger partial charge on any atom is 0.421 e. The summed E-state index contributed by atoms with van der Waals surface area (Å²) in [5, 5.41) is 0. The number of anilines is 1. The minimum atomic E-state index is -0.460. The van der Waals surface area contributed by atoms with E-state index in [1.165, 1.54) is 0 Å². The van der Waals surface area contributed by atoms with Gasteiger partial charge in [-0.1, -0.05) is 43.5 Å². The van der Waals surface area contributed by atoms with E-state index in [2.05, 4.69) is 23.0 Å². The van der Waals surface area contributed by atoms with E-state index in [-0.39, 0.29) is 18.2 Å². The summed E-state index contributed by atoms with van der Waals surface area (Å²) >= 11 is 0. The fourth-order valence-corrected chi connectivity index (χ4v) is 5.49. The zero-order chi connectivity index (χ0) is 27.8. The molecule has 2 aliphatic rings. The van der Waals surface area contributed by atoms with Gasteiger partial charge in [0.2, 0.25) is 0 Å². The minimum absolute atomic E-state index is 0.0867. The average molecular weight is 537 g/mol. The molecule has 1 saturated heterocycles. The first kappa shape index (κ1) is 28.9. The maximum absolute atomic E-state index is 13.2. The second-order valence-corrected chi connectivity index (χ2v) is 11.8. The van der Waals surface area contributed by atoms with Crippen LogP contribution in [0.4, 0.5) is 15.4 Å². The first-order valence-electron chi connectivity index (χ1n) is 14.4. The summed E-state index contributed by atoms with van der Waals surface area (Å²) in [5.74, 6) is 1.28. The van der Waals surface area contributed by atoms with Crippen LogP contribution in [0.25, 0.3) is 0 Å². The van der Waals surface area contributed by atoms with E-state index in [1.54, 1.807) is 23.2 Å². The molecule has 2 aromatic rings. The zero-order valence-electron chi connectivity index (χ0n) is 24.0. The van der Waals surface area contributed by atoms with E-state index in [1.807, 2.05) is 49.9 Å². The average Bonchev–Trinajstić information content (AvgIpc) is 3.41. The topological polar surface area (TPSA) is 75.2 Å². The van der Waals surface area contributed by atoms with Gasteiger partial charge in [0.25, 0.3) is 0 Å². The van der Waals surface area contributed by atoms with Crippen LogP contribution in [0.3, 0.4) is 0 Å². The van der Waals surface area contributed by atoms with Gasteiger partial charge in [0.15, 0.2) is 0 Å². The third kappa shape index (κ3) is 8.18. The molecule has 0 radical (unpaired) electrons. The van der Waals surface area contributed by atoms with Crippen LogP contribution in [0.15, 0.2) is 48.7 Å². The number of likely N-dealkylation sites (tertiary alicyclic amines) is 1. The van der Waals surface area contributed by atoms with Gasteiger partial charge in [-0.3, -0.25) is 4.90 Å². The molecule has 39 heavy (non-hydrogen) atoms. The lowest BCUT2D eigenvalue weighted by molar-refractivity contribution is 0.0282. The molecule has 2 amide bonds. The van der Waals surface area contributed by atoms with Gasteiger partial charge in [0, 0.05) is 31.4 Å². The SMILES string of the molecule is CN(CCCCCCC1CCc2cccnc2N1C(=O)Oc1ccccc1)[C@@H]1CCN(C(=O)OC(C)(C)C)C1. The monoisotopic (exact) mass is 536 g/mol. The van der Waals surface area contributed by atoms with E-state index in [0.717, 1.165) is 82.4 Å². The number of benzene rings is 1. The molecule has 8 nitrogen and oxygen atoms in total. The number of fused-ring (bicyclic) bond motifs is 1. The van der Waals surface area contributed by atoms with Crippen molar-refractivity contribution in [3.63, 3.8) is 0 Å². The maximum atomic E-state index is 13.2. The van der Waals surface area contributed by atoms with Gasteiger partial charge in [0.05, 0.1) is 0 Å². The predicted octanol–water partition coefficient (Wildman–Crippen LogP) is 6.29. The molecule has 4 rings (SSSR count). The number of ether oxygens (including phenoxy) is 2. The van der Waals surface area contributed by atoms with Gasteiger partial charge in [-0.05, 0) is 90.2 Å². The molecule has 3 heterocycles. The number of hydrogen-bond donors (Lipinski definition) is 0. The summed E-state index contributed by atoms with van der Waals surface area (Å²) < 4.78 is 11.2. The Hall–Kier alpha value is -3.13. The Morgan fingerprint density at radius 1 is 1.00 bits per heavy atom. The van der Waals surface area contributed by atoms with Crippen LogP contribution in [0.1, 0.15) is 71.3 Å². The van der Waals surface area contributed by atoms with E-state index in [9.17, 15) is 9.59 Å². The summed E-state index contributed by atoms with van der Waals surface area (Å²) in [7, 11) is 2.16. The lowest BCUT2D eigenvalue weighted by atomic mass is 9.94. The van der Waals surface area contributed by atoms with Crippen LogP contribution in [0.2, 0.25) is 0 Å². The van der Waals surface area contributed by atoms with Crippen molar-refractivity contribution < 1.29 is 19.1 Å². The molecule has 0 spiro atoms. The molecule has 0 saturated carbocycles. The van der Waals surface area contributed by atoms with Crippen molar-refractivity contribution in [3.05, 3.63) is 54.2 Å². The number of aromatic nitrogens is 1. The van der Waals surface area contributed by atoms with Crippen LogP contribution in [0, 0.1) is 0 Å². The third-order valence-corrected chi connectivity index (χ3v) is 7.59. The molecule has 0 N–H and O–H groups in total. The van der Waals surface area contributed by atoms with Crippen LogP contribution in [-0.2, 0) is 11.2 Å². The van der Waals surface area contributed by atoms with Crippen molar-refractivity contribution >= 4 is 18.0 Å². The fourth-order valence-electron chi connectivity index (χ4n) is 5.49. The van der Waals surface area contributed by atoms with Gasteiger partial charge < -0.3 is 19.3 Å². The number of carbonyl (C=O) groups excluding carboxylic acids is 2. The van der Waals surface area contributed by atoms with Crippen molar-refractivity contribution in [3.8, 4) is 5.75 Å². The number of unbranched alkanes of at least 4 members (excludes halogenated alkanes) is 3. The number of para-hydroxylation sites is 1. The molecule has 0 bridgehead atoms. The lowest BCUT2D eigenvalue weighted by Crippen LogP contribution is -2.45. The van der Waals surface area contributed by atoms with Gasteiger partial charge >= 0.3 is 12.2 Å². The standard InChI is InChI=1S/C31H44N4O4/c1-31(2,3)39-29(36)34-22-19-26(23-34)33(4)21-11-6-5-8-14-25-18-17-24-13-12-20-32-28(24)35(25)30(37)38-27-15-9-7-10-16-27/h7,9-10,12-13,15-16,20,25-26H,5-6,8,11,14,17-19,21-23H2,1-4H3/t25?,26-/m1/s1. The molecule has 2 aliphatic heterocycles. The summed E-state index contributed by atoms with van der Waals surface area (Å²) in [6.45, 7) is 8.22. The molecule has 1 fully saturated rings. The molecule has 1 aromatic carbocycles. The van der Waals surface area contributed by atoms with Gasteiger partial charge in [-0.25, -0.2) is 14.6 Å². The first-order chi connectivity index (χ1) is 18.7. The molecular weight excluding hydrogens is 492 g/mol. The quantitative estimate of drug-likeness (QED) is 0.351. The molecule has 2 atom stereocenters. The van der Waals surface area contributed by atoms with E-state index in [0.29, 0.717) is 11.8 Å². The summed E-state index contributed by atoms with van der Waals surface area (Å²) in [6.07, 6.45) is 9.39. The van der Waals surface area contributed by atoms with Gasteiger partial charge in [-0.2, -0.15) is 0 Å². The van der Waals surface area contributed by atoms with Gasteiger partial charge in [0.1, 0.15) is 17.2 Å².